The lowest BCUT2D eigenvalue weighted by Gasteiger charge is -2.33. The number of carbonyl (C=O) groups excluding carboxylic acids is 1. The lowest BCUT2D eigenvalue weighted by Crippen LogP contribution is -2.41. The normalized spacial score (nSPS) is 25.6. The number of hydrogen-bond acceptors (Lipinski definition) is 3. The molecule has 2 N–H and O–H groups in total. The quantitative estimate of drug-likeness (QED) is 0.780. The van der Waals surface area contributed by atoms with Gasteiger partial charge in [0.25, 0.3) is 0 Å². The molecule has 1 aliphatic carbocycles. The van der Waals surface area contributed by atoms with Gasteiger partial charge in [0.15, 0.2) is 5.82 Å². The van der Waals surface area contributed by atoms with E-state index in [9.17, 15) is 4.79 Å². The van der Waals surface area contributed by atoms with Gasteiger partial charge in [0.05, 0.1) is 0 Å². The summed E-state index contributed by atoms with van der Waals surface area (Å²) < 4.78 is 0. The first-order valence-electron chi connectivity index (χ1n) is 6.37. The van der Waals surface area contributed by atoms with Gasteiger partial charge in [0.2, 0.25) is 5.91 Å². The van der Waals surface area contributed by atoms with E-state index in [1.165, 1.54) is 25.7 Å². The van der Waals surface area contributed by atoms with Gasteiger partial charge in [-0.1, -0.05) is 12.8 Å². The van der Waals surface area contributed by atoms with Gasteiger partial charge in [-0.25, -0.2) is 0 Å². The van der Waals surface area contributed by atoms with E-state index in [0.717, 1.165) is 11.5 Å². The van der Waals surface area contributed by atoms with Gasteiger partial charge in [-0.3, -0.25) is 9.89 Å². The standard InChI is InChI=1S/C12H18N4O/c1-8-6-11(17)14-10-7-13-15-12(10)16(8)9-4-2-3-5-9/h7-9H,2-6H2,1H3,(H,13,15)(H,14,17). The molecule has 1 fully saturated rings. The Bertz CT molecular complexity index is 422. The SMILES string of the molecule is CC1CC(=O)Nc2c[nH]nc2N1C1CCCC1. The van der Waals surface area contributed by atoms with Gasteiger partial charge >= 0.3 is 0 Å². The molecule has 0 spiro atoms. The zero-order valence-electron chi connectivity index (χ0n) is 10.1. The van der Waals surface area contributed by atoms with E-state index in [1.807, 2.05) is 0 Å². The average Bonchev–Trinajstić information content (AvgIpc) is 2.90. The number of nitrogens with zero attached hydrogens (tertiary/aromatic N) is 2. The predicted molar refractivity (Wildman–Crippen MR) is 66.0 cm³/mol. The summed E-state index contributed by atoms with van der Waals surface area (Å²) in [5.41, 5.74) is 0.825. The Morgan fingerprint density at radius 1 is 1.41 bits per heavy atom. The number of hydrogen-bond donors (Lipinski definition) is 2. The Morgan fingerprint density at radius 3 is 2.94 bits per heavy atom. The molecule has 0 radical (unpaired) electrons. The molecule has 0 saturated heterocycles. The summed E-state index contributed by atoms with van der Waals surface area (Å²) in [5.74, 6) is 0.996. The van der Waals surface area contributed by atoms with Crippen LogP contribution in [0, 0.1) is 0 Å². The van der Waals surface area contributed by atoms with Crippen molar-refractivity contribution in [3.8, 4) is 0 Å². The van der Waals surface area contributed by atoms with Crippen LogP contribution in [-0.4, -0.2) is 28.2 Å². The molecular weight excluding hydrogens is 216 g/mol. The lowest BCUT2D eigenvalue weighted by molar-refractivity contribution is -0.116. The first kappa shape index (κ1) is 10.6. The molecule has 2 aliphatic rings. The number of anilines is 2. The fraction of sp³-hybridized carbons (Fsp3) is 0.667. The summed E-state index contributed by atoms with van der Waals surface area (Å²) in [5, 5.41) is 10.1. The van der Waals surface area contributed by atoms with E-state index in [-0.39, 0.29) is 11.9 Å². The van der Waals surface area contributed by atoms with Gasteiger partial charge < -0.3 is 10.2 Å². The molecule has 1 aliphatic heterocycles. The molecule has 17 heavy (non-hydrogen) atoms. The summed E-state index contributed by atoms with van der Waals surface area (Å²) in [6.07, 6.45) is 7.32. The molecule has 3 rings (SSSR count). The number of aromatic amines is 1. The van der Waals surface area contributed by atoms with Crippen molar-refractivity contribution in [2.75, 3.05) is 10.2 Å². The average molecular weight is 234 g/mol. The lowest BCUT2D eigenvalue weighted by atomic mass is 10.1. The minimum atomic E-state index is 0.0839. The monoisotopic (exact) mass is 234 g/mol. The molecule has 1 atom stereocenters. The van der Waals surface area contributed by atoms with E-state index in [4.69, 9.17) is 0 Å². The zero-order valence-corrected chi connectivity index (χ0v) is 10.1. The highest BCUT2D eigenvalue weighted by atomic mass is 16.1. The summed E-state index contributed by atoms with van der Waals surface area (Å²) in [6.45, 7) is 2.11. The molecule has 0 bridgehead atoms. The second kappa shape index (κ2) is 4.05. The molecule has 1 saturated carbocycles. The fourth-order valence-electron chi connectivity index (χ4n) is 3.06. The van der Waals surface area contributed by atoms with E-state index in [1.54, 1.807) is 6.20 Å². The molecule has 1 amide bonds. The first-order valence-corrected chi connectivity index (χ1v) is 6.37. The van der Waals surface area contributed by atoms with Crippen molar-refractivity contribution in [2.24, 2.45) is 0 Å². The highest BCUT2D eigenvalue weighted by Gasteiger charge is 2.33. The van der Waals surface area contributed by atoms with Gasteiger partial charge in [-0.15, -0.1) is 0 Å². The van der Waals surface area contributed by atoms with Crippen LogP contribution in [0.3, 0.4) is 0 Å². The van der Waals surface area contributed by atoms with Crippen LogP contribution in [0.15, 0.2) is 6.20 Å². The van der Waals surface area contributed by atoms with Gasteiger partial charge in [-0.2, -0.15) is 5.10 Å². The first-order chi connectivity index (χ1) is 8.25. The van der Waals surface area contributed by atoms with Crippen LogP contribution in [0.1, 0.15) is 39.0 Å². The van der Waals surface area contributed by atoms with Crippen molar-refractivity contribution in [1.82, 2.24) is 10.2 Å². The largest absolute Gasteiger partial charge is 0.347 e. The van der Waals surface area contributed by atoms with Crippen LogP contribution in [0.2, 0.25) is 0 Å². The van der Waals surface area contributed by atoms with Crippen LogP contribution in [0.4, 0.5) is 11.5 Å². The number of amides is 1. The third kappa shape index (κ3) is 1.79. The number of carbonyl (C=O) groups is 1. The molecule has 1 unspecified atom stereocenters. The minimum Gasteiger partial charge on any atom is -0.347 e. The molecule has 0 aromatic carbocycles. The van der Waals surface area contributed by atoms with Crippen molar-refractivity contribution < 1.29 is 4.79 Å². The molecule has 5 nitrogen and oxygen atoms in total. The molecule has 1 aromatic rings. The van der Waals surface area contributed by atoms with Crippen molar-refractivity contribution in [2.45, 2.75) is 51.1 Å². The second-order valence-corrected chi connectivity index (χ2v) is 5.07. The van der Waals surface area contributed by atoms with Crippen LogP contribution in [0.25, 0.3) is 0 Å². The Balaban J connectivity index is 1.97. The summed E-state index contributed by atoms with van der Waals surface area (Å²) >= 11 is 0. The third-order valence-corrected chi connectivity index (χ3v) is 3.81. The molecule has 1 aromatic heterocycles. The van der Waals surface area contributed by atoms with Crippen LogP contribution < -0.4 is 10.2 Å². The summed E-state index contributed by atoms with van der Waals surface area (Å²) in [7, 11) is 0. The van der Waals surface area contributed by atoms with E-state index in [2.05, 4.69) is 27.3 Å². The van der Waals surface area contributed by atoms with Gasteiger partial charge in [0.1, 0.15) is 5.69 Å². The van der Waals surface area contributed by atoms with Crippen LogP contribution in [0.5, 0.6) is 0 Å². The Kier molecular flexibility index (Phi) is 2.53. The second-order valence-electron chi connectivity index (χ2n) is 5.07. The molecule has 2 heterocycles. The molecule has 92 valence electrons. The highest BCUT2D eigenvalue weighted by molar-refractivity contribution is 5.95. The Hall–Kier alpha value is -1.52. The maximum Gasteiger partial charge on any atom is 0.226 e. The summed E-state index contributed by atoms with van der Waals surface area (Å²) in [6, 6.07) is 0.766. The number of rotatable bonds is 1. The fourth-order valence-corrected chi connectivity index (χ4v) is 3.06. The van der Waals surface area contributed by atoms with E-state index >= 15 is 0 Å². The van der Waals surface area contributed by atoms with Crippen molar-refractivity contribution >= 4 is 17.4 Å². The Morgan fingerprint density at radius 2 is 2.18 bits per heavy atom. The van der Waals surface area contributed by atoms with Crippen molar-refractivity contribution in [3.05, 3.63) is 6.20 Å². The zero-order chi connectivity index (χ0) is 11.8. The van der Waals surface area contributed by atoms with Crippen molar-refractivity contribution in [1.29, 1.82) is 0 Å². The molecular formula is C12H18N4O. The topological polar surface area (TPSA) is 61.0 Å². The third-order valence-electron chi connectivity index (χ3n) is 3.81. The number of H-pyrrole nitrogens is 1. The molecule has 5 heteroatoms. The number of aromatic nitrogens is 2. The number of nitrogens with one attached hydrogen (secondary N) is 2. The smallest absolute Gasteiger partial charge is 0.226 e. The number of fused-ring (bicyclic) bond motifs is 1. The maximum absolute atomic E-state index is 11.7. The summed E-state index contributed by atoms with van der Waals surface area (Å²) in [4.78, 5) is 14.1. The maximum atomic E-state index is 11.7. The van der Waals surface area contributed by atoms with Crippen LogP contribution >= 0.6 is 0 Å². The van der Waals surface area contributed by atoms with Gasteiger partial charge in [-0.05, 0) is 19.8 Å². The van der Waals surface area contributed by atoms with E-state index < -0.39 is 0 Å². The minimum absolute atomic E-state index is 0.0839. The van der Waals surface area contributed by atoms with Gasteiger partial charge in [0, 0.05) is 24.7 Å². The Labute approximate surface area is 101 Å². The van der Waals surface area contributed by atoms with Crippen molar-refractivity contribution in [3.63, 3.8) is 0 Å². The van der Waals surface area contributed by atoms with E-state index in [0.29, 0.717) is 12.5 Å². The highest BCUT2D eigenvalue weighted by Crippen LogP contribution is 2.35. The predicted octanol–water partition coefficient (Wildman–Crippen LogP) is 1.89. The van der Waals surface area contributed by atoms with Crippen LogP contribution in [-0.2, 0) is 4.79 Å².